The first-order chi connectivity index (χ1) is 11.1. The fourth-order valence-electron chi connectivity index (χ4n) is 2.88. The average molecular weight is 319 g/mol. The van der Waals surface area contributed by atoms with Crippen molar-refractivity contribution < 1.29 is 14.7 Å². The zero-order valence-electron chi connectivity index (χ0n) is 13.5. The SMILES string of the molecule is CCN(CC(=O)O)C1CC(NC(=O)NCCc2ccccc2)C1. The van der Waals surface area contributed by atoms with Crippen LogP contribution >= 0.6 is 0 Å². The van der Waals surface area contributed by atoms with Crippen molar-refractivity contribution in [2.75, 3.05) is 19.6 Å². The molecule has 0 saturated heterocycles. The highest BCUT2D eigenvalue weighted by atomic mass is 16.4. The van der Waals surface area contributed by atoms with E-state index in [4.69, 9.17) is 5.11 Å². The Balaban J connectivity index is 1.61. The third-order valence-corrected chi connectivity index (χ3v) is 4.25. The summed E-state index contributed by atoms with van der Waals surface area (Å²) in [5.74, 6) is -0.804. The Morgan fingerprint density at radius 3 is 2.57 bits per heavy atom. The first-order valence-corrected chi connectivity index (χ1v) is 8.12. The molecule has 0 heterocycles. The van der Waals surface area contributed by atoms with Crippen LogP contribution in [0.4, 0.5) is 4.79 Å². The lowest BCUT2D eigenvalue weighted by Crippen LogP contribution is -2.56. The Labute approximate surface area is 136 Å². The molecule has 1 saturated carbocycles. The quantitative estimate of drug-likeness (QED) is 0.678. The van der Waals surface area contributed by atoms with Gasteiger partial charge in [0.2, 0.25) is 0 Å². The predicted molar refractivity (Wildman–Crippen MR) is 88.4 cm³/mol. The first kappa shape index (κ1) is 17.3. The molecule has 1 aliphatic rings. The minimum atomic E-state index is -0.804. The highest BCUT2D eigenvalue weighted by molar-refractivity contribution is 5.74. The number of aliphatic carboxylic acids is 1. The van der Waals surface area contributed by atoms with Crippen molar-refractivity contribution in [1.29, 1.82) is 0 Å². The number of urea groups is 1. The Bertz CT molecular complexity index is 515. The number of nitrogens with one attached hydrogen (secondary N) is 2. The average Bonchev–Trinajstić information content (AvgIpc) is 2.49. The van der Waals surface area contributed by atoms with Gasteiger partial charge in [0, 0.05) is 18.6 Å². The van der Waals surface area contributed by atoms with E-state index in [1.807, 2.05) is 42.2 Å². The number of hydrogen-bond donors (Lipinski definition) is 3. The summed E-state index contributed by atoms with van der Waals surface area (Å²) in [4.78, 5) is 24.6. The number of carbonyl (C=O) groups is 2. The third kappa shape index (κ3) is 5.56. The minimum absolute atomic E-state index is 0.0666. The lowest BCUT2D eigenvalue weighted by molar-refractivity contribution is -0.139. The van der Waals surface area contributed by atoms with Crippen LogP contribution in [-0.4, -0.2) is 53.7 Å². The van der Waals surface area contributed by atoms with Crippen LogP contribution < -0.4 is 10.6 Å². The van der Waals surface area contributed by atoms with Gasteiger partial charge in [-0.3, -0.25) is 9.69 Å². The Kier molecular flexibility index (Phi) is 6.40. The van der Waals surface area contributed by atoms with Gasteiger partial charge >= 0.3 is 12.0 Å². The number of nitrogens with zero attached hydrogens (tertiary/aromatic N) is 1. The van der Waals surface area contributed by atoms with Crippen molar-refractivity contribution in [3.63, 3.8) is 0 Å². The molecule has 0 spiro atoms. The maximum absolute atomic E-state index is 11.8. The number of amides is 2. The molecule has 1 aromatic rings. The molecule has 0 atom stereocenters. The summed E-state index contributed by atoms with van der Waals surface area (Å²) in [5.41, 5.74) is 1.20. The number of rotatable bonds is 8. The lowest BCUT2D eigenvalue weighted by Gasteiger charge is -2.42. The molecule has 0 aliphatic heterocycles. The summed E-state index contributed by atoms with van der Waals surface area (Å²) in [6, 6.07) is 10.3. The van der Waals surface area contributed by atoms with E-state index < -0.39 is 5.97 Å². The number of carboxylic acids is 1. The number of likely N-dealkylation sites (N-methyl/N-ethyl adjacent to an activating group) is 1. The molecule has 0 radical (unpaired) electrons. The molecular formula is C17H25N3O3. The fraction of sp³-hybridized carbons (Fsp3) is 0.529. The Morgan fingerprint density at radius 2 is 1.96 bits per heavy atom. The molecule has 1 fully saturated rings. The van der Waals surface area contributed by atoms with Gasteiger partial charge in [-0.25, -0.2) is 4.79 Å². The molecule has 0 unspecified atom stereocenters. The van der Waals surface area contributed by atoms with E-state index in [1.165, 1.54) is 5.56 Å². The summed E-state index contributed by atoms with van der Waals surface area (Å²) in [7, 11) is 0. The Morgan fingerprint density at radius 1 is 1.26 bits per heavy atom. The molecule has 126 valence electrons. The van der Waals surface area contributed by atoms with Crippen molar-refractivity contribution in [2.45, 2.75) is 38.3 Å². The summed E-state index contributed by atoms with van der Waals surface area (Å²) in [5, 5.41) is 14.7. The maximum Gasteiger partial charge on any atom is 0.317 e. The number of benzene rings is 1. The monoisotopic (exact) mass is 319 g/mol. The van der Waals surface area contributed by atoms with E-state index in [1.54, 1.807) is 0 Å². The standard InChI is InChI=1S/C17H25N3O3/c1-2-20(12-16(21)22)15-10-14(11-15)19-17(23)18-9-8-13-6-4-3-5-7-13/h3-7,14-15H,2,8-12H2,1H3,(H,21,22)(H2,18,19,23). The van der Waals surface area contributed by atoms with Crippen LogP contribution in [0.15, 0.2) is 30.3 Å². The molecule has 6 heteroatoms. The molecule has 6 nitrogen and oxygen atoms in total. The number of carboxylic acid groups (broad SMARTS) is 1. The molecule has 0 aromatic heterocycles. The van der Waals surface area contributed by atoms with Gasteiger partial charge in [0.05, 0.1) is 6.54 Å². The van der Waals surface area contributed by atoms with Crippen LogP contribution in [0.2, 0.25) is 0 Å². The van der Waals surface area contributed by atoms with E-state index in [0.29, 0.717) is 13.1 Å². The van der Waals surface area contributed by atoms with E-state index in [9.17, 15) is 9.59 Å². The van der Waals surface area contributed by atoms with Crippen molar-refractivity contribution in [3.05, 3.63) is 35.9 Å². The molecule has 3 N–H and O–H groups in total. The van der Waals surface area contributed by atoms with Gasteiger partial charge in [-0.1, -0.05) is 37.3 Å². The highest BCUT2D eigenvalue weighted by Crippen LogP contribution is 2.25. The number of carbonyl (C=O) groups excluding carboxylic acids is 1. The normalized spacial score (nSPS) is 19.9. The fourth-order valence-corrected chi connectivity index (χ4v) is 2.88. The van der Waals surface area contributed by atoms with Gasteiger partial charge < -0.3 is 15.7 Å². The highest BCUT2D eigenvalue weighted by Gasteiger charge is 2.34. The van der Waals surface area contributed by atoms with E-state index in [0.717, 1.165) is 19.3 Å². The molecule has 2 rings (SSSR count). The summed E-state index contributed by atoms with van der Waals surface area (Å²) >= 11 is 0. The van der Waals surface area contributed by atoms with Crippen molar-refractivity contribution in [2.24, 2.45) is 0 Å². The largest absolute Gasteiger partial charge is 0.480 e. The van der Waals surface area contributed by atoms with E-state index >= 15 is 0 Å². The second-order valence-corrected chi connectivity index (χ2v) is 5.91. The summed E-state index contributed by atoms with van der Waals surface area (Å²) < 4.78 is 0. The first-order valence-electron chi connectivity index (χ1n) is 8.12. The van der Waals surface area contributed by atoms with Crippen molar-refractivity contribution in [1.82, 2.24) is 15.5 Å². The van der Waals surface area contributed by atoms with Crippen molar-refractivity contribution >= 4 is 12.0 Å². The zero-order valence-corrected chi connectivity index (χ0v) is 13.5. The second-order valence-electron chi connectivity index (χ2n) is 5.91. The van der Waals surface area contributed by atoms with Crippen LogP contribution in [0.5, 0.6) is 0 Å². The molecule has 1 aliphatic carbocycles. The molecular weight excluding hydrogens is 294 g/mol. The van der Waals surface area contributed by atoms with Gasteiger partial charge in [-0.2, -0.15) is 0 Å². The lowest BCUT2D eigenvalue weighted by atomic mass is 9.85. The smallest absolute Gasteiger partial charge is 0.317 e. The predicted octanol–water partition coefficient (Wildman–Crippen LogP) is 1.47. The van der Waals surface area contributed by atoms with Gasteiger partial charge in [0.1, 0.15) is 0 Å². The van der Waals surface area contributed by atoms with E-state index in [2.05, 4.69) is 10.6 Å². The van der Waals surface area contributed by atoms with Crippen LogP contribution in [0.1, 0.15) is 25.3 Å². The van der Waals surface area contributed by atoms with Crippen LogP contribution in [-0.2, 0) is 11.2 Å². The van der Waals surface area contributed by atoms with Gasteiger partial charge in [0.25, 0.3) is 0 Å². The Hall–Kier alpha value is -2.08. The summed E-state index contributed by atoms with van der Waals surface area (Å²) in [6.45, 7) is 3.34. The minimum Gasteiger partial charge on any atom is -0.480 e. The zero-order chi connectivity index (χ0) is 16.7. The number of hydrogen-bond acceptors (Lipinski definition) is 3. The van der Waals surface area contributed by atoms with E-state index in [-0.39, 0.29) is 24.7 Å². The van der Waals surface area contributed by atoms with Gasteiger partial charge in [-0.05, 0) is 31.4 Å². The van der Waals surface area contributed by atoms with Crippen LogP contribution in [0.25, 0.3) is 0 Å². The molecule has 1 aromatic carbocycles. The van der Waals surface area contributed by atoms with Gasteiger partial charge in [-0.15, -0.1) is 0 Å². The topological polar surface area (TPSA) is 81.7 Å². The van der Waals surface area contributed by atoms with Crippen molar-refractivity contribution in [3.8, 4) is 0 Å². The summed E-state index contributed by atoms with van der Waals surface area (Å²) in [6.07, 6.45) is 2.43. The van der Waals surface area contributed by atoms with Gasteiger partial charge in [0.15, 0.2) is 0 Å². The van der Waals surface area contributed by atoms with Crippen LogP contribution in [0, 0.1) is 0 Å². The molecule has 0 bridgehead atoms. The third-order valence-electron chi connectivity index (χ3n) is 4.25. The molecule has 23 heavy (non-hydrogen) atoms. The maximum atomic E-state index is 11.8. The second kappa shape index (κ2) is 8.53. The van der Waals surface area contributed by atoms with Crippen LogP contribution in [0.3, 0.4) is 0 Å². The molecule has 2 amide bonds.